The van der Waals surface area contributed by atoms with Crippen molar-refractivity contribution in [2.24, 2.45) is 0 Å². The molecule has 0 aliphatic rings. The van der Waals surface area contributed by atoms with E-state index in [1.54, 1.807) is 0 Å². The molecule has 1 N–H and O–H groups in total. The molecule has 1 atom stereocenters. The number of rotatable bonds is 5. The van der Waals surface area contributed by atoms with Crippen LogP contribution in [0.5, 0.6) is 0 Å². The van der Waals surface area contributed by atoms with Crippen molar-refractivity contribution in [1.29, 1.82) is 0 Å². The average Bonchev–Trinajstić information content (AvgIpc) is 3.12. The highest BCUT2D eigenvalue weighted by Crippen LogP contribution is 2.28. The molecule has 130 valence electrons. The second-order valence-corrected chi connectivity index (χ2v) is 6.44. The molecular weight excluding hydrogens is 322 g/mol. The Labute approximate surface area is 152 Å². The van der Waals surface area contributed by atoms with E-state index in [1.165, 1.54) is 0 Å². The molecule has 0 bridgehead atoms. The van der Waals surface area contributed by atoms with Gasteiger partial charge in [-0.2, -0.15) is 0 Å². The second-order valence-electron chi connectivity index (χ2n) is 6.44. The summed E-state index contributed by atoms with van der Waals surface area (Å²) < 4.78 is 2.03. The van der Waals surface area contributed by atoms with Gasteiger partial charge in [0.1, 0.15) is 5.82 Å². The van der Waals surface area contributed by atoms with E-state index < -0.39 is 0 Å². The van der Waals surface area contributed by atoms with Crippen molar-refractivity contribution in [3.63, 3.8) is 0 Å². The first-order valence-corrected chi connectivity index (χ1v) is 8.92. The fourth-order valence-corrected chi connectivity index (χ4v) is 3.46. The van der Waals surface area contributed by atoms with E-state index in [2.05, 4.69) is 16.4 Å². The lowest BCUT2D eigenvalue weighted by Crippen LogP contribution is -2.34. The minimum absolute atomic E-state index is 0.0951. The minimum Gasteiger partial charge on any atom is -0.308 e. The smallest absolute Gasteiger partial charge is 0.181 e. The molecule has 0 aliphatic carbocycles. The van der Waals surface area contributed by atoms with Gasteiger partial charge in [0.15, 0.2) is 5.78 Å². The fraction of sp³-hybridized carbons (Fsp3) is 0.182. The predicted octanol–water partition coefficient (Wildman–Crippen LogP) is 4.34. The summed E-state index contributed by atoms with van der Waals surface area (Å²) in [5, 5.41) is 5.23. The highest BCUT2D eigenvalue weighted by atomic mass is 16.1. The third kappa shape index (κ3) is 2.68. The second kappa shape index (κ2) is 6.73. The van der Waals surface area contributed by atoms with Gasteiger partial charge in [-0.05, 0) is 18.9 Å². The normalized spacial score (nSPS) is 12.5. The number of likely N-dealkylation sites (N-methyl/N-ethyl adjacent to an activating group) is 1. The molecule has 2 aromatic carbocycles. The van der Waals surface area contributed by atoms with Gasteiger partial charge in [-0.3, -0.25) is 9.20 Å². The van der Waals surface area contributed by atoms with Gasteiger partial charge in [0.2, 0.25) is 0 Å². The van der Waals surface area contributed by atoms with Gasteiger partial charge >= 0.3 is 0 Å². The molecule has 4 nitrogen and oxygen atoms in total. The maximum Gasteiger partial charge on any atom is 0.181 e. The summed E-state index contributed by atoms with van der Waals surface area (Å²) in [5.41, 5.74) is 2.75. The van der Waals surface area contributed by atoms with Crippen molar-refractivity contribution in [1.82, 2.24) is 14.7 Å². The molecule has 0 radical (unpaired) electrons. The predicted molar refractivity (Wildman–Crippen MR) is 106 cm³/mol. The summed E-state index contributed by atoms with van der Waals surface area (Å²) in [4.78, 5) is 17.7. The highest BCUT2D eigenvalue weighted by Gasteiger charge is 2.20. The molecule has 4 heteroatoms. The molecule has 0 saturated heterocycles. The van der Waals surface area contributed by atoms with Crippen LogP contribution in [0, 0.1) is 0 Å². The monoisotopic (exact) mass is 343 g/mol. The Morgan fingerprint density at radius 1 is 1.08 bits per heavy atom. The van der Waals surface area contributed by atoms with Crippen LogP contribution in [0.25, 0.3) is 27.7 Å². The van der Waals surface area contributed by atoms with Crippen molar-refractivity contribution < 1.29 is 4.79 Å². The SMILES string of the molecule is CCNC(C)C(=O)c1cn2c(-c3ccccc3)ncc2c2ccccc12. The number of benzene rings is 2. The molecule has 0 aliphatic heterocycles. The van der Waals surface area contributed by atoms with Gasteiger partial charge in [-0.1, -0.05) is 61.5 Å². The average molecular weight is 343 g/mol. The van der Waals surface area contributed by atoms with Crippen LogP contribution in [-0.2, 0) is 0 Å². The third-order valence-corrected chi connectivity index (χ3v) is 4.75. The number of aromatic nitrogens is 2. The maximum absolute atomic E-state index is 13.1. The maximum atomic E-state index is 13.1. The van der Waals surface area contributed by atoms with Crippen LogP contribution in [0.3, 0.4) is 0 Å². The quantitative estimate of drug-likeness (QED) is 0.549. The third-order valence-electron chi connectivity index (χ3n) is 4.75. The van der Waals surface area contributed by atoms with Crippen LogP contribution in [0.1, 0.15) is 24.2 Å². The number of ketones is 1. The van der Waals surface area contributed by atoms with Crippen LogP contribution < -0.4 is 5.32 Å². The standard InChI is InChI=1S/C22H21N3O/c1-3-23-15(2)21(26)19-14-25-20(18-12-8-7-11-17(18)19)13-24-22(25)16-9-5-4-6-10-16/h4-15,23H,3H2,1-2H3. The summed E-state index contributed by atoms with van der Waals surface area (Å²) in [7, 11) is 0. The summed E-state index contributed by atoms with van der Waals surface area (Å²) >= 11 is 0. The van der Waals surface area contributed by atoms with E-state index in [1.807, 2.05) is 79.2 Å². The number of nitrogens with zero attached hydrogens (tertiary/aromatic N) is 2. The number of hydrogen-bond donors (Lipinski definition) is 1. The Balaban J connectivity index is 2.00. The minimum atomic E-state index is -0.232. The Morgan fingerprint density at radius 2 is 1.77 bits per heavy atom. The van der Waals surface area contributed by atoms with Crippen LogP contribution in [0.2, 0.25) is 0 Å². The van der Waals surface area contributed by atoms with Crippen LogP contribution >= 0.6 is 0 Å². The number of pyridine rings is 1. The number of carbonyl (C=O) groups is 1. The van der Waals surface area contributed by atoms with Gasteiger partial charge in [-0.15, -0.1) is 0 Å². The molecule has 1 unspecified atom stereocenters. The van der Waals surface area contributed by atoms with Crippen molar-refractivity contribution in [3.8, 4) is 11.4 Å². The van der Waals surface area contributed by atoms with Gasteiger partial charge in [0, 0.05) is 22.7 Å². The number of imidazole rings is 1. The molecule has 26 heavy (non-hydrogen) atoms. The molecule has 4 rings (SSSR count). The number of carbonyl (C=O) groups excluding carboxylic acids is 1. The number of fused-ring (bicyclic) bond motifs is 3. The van der Waals surface area contributed by atoms with E-state index >= 15 is 0 Å². The first kappa shape index (κ1) is 16.5. The Morgan fingerprint density at radius 3 is 2.50 bits per heavy atom. The Bertz CT molecular complexity index is 1080. The number of hydrogen-bond acceptors (Lipinski definition) is 3. The molecule has 0 saturated carbocycles. The van der Waals surface area contributed by atoms with E-state index in [9.17, 15) is 4.79 Å². The Hall–Kier alpha value is -2.98. The summed E-state index contributed by atoms with van der Waals surface area (Å²) in [6.45, 7) is 4.68. The molecule has 0 fully saturated rings. The summed E-state index contributed by atoms with van der Waals surface area (Å²) in [6.07, 6.45) is 3.82. The molecule has 4 aromatic rings. The van der Waals surface area contributed by atoms with Crippen molar-refractivity contribution in [3.05, 3.63) is 72.6 Å². The zero-order valence-electron chi connectivity index (χ0n) is 14.9. The molecular formula is C22H21N3O. The molecule has 0 amide bonds. The van der Waals surface area contributed by atoms with Crippen LogP contribution in [0.15, 0.2) is 67.0 Å². The molecule has 2 aromatic heterocycles. The lowest BCUT2D eigenvalue weighted by molar-refractivity contribution is 0.0953. The van der Waals surface area contributed by atoms with E-state index in [0.29, 0.717) is 0 Å². The van der Waals surface area contributed by atoms with Crippen molar-refractivity contribution >= 4 is 22.1 Å². The van der Waals surface area contributed by atoms with Crippen molar-refractivity contribution in [2.75, 3.05) is 6.54 Å². The summed E-state index contributed by atoms with van der Waals surface area (Å²) in [5.74, 6) is 0.939. The fourth-order valence-electron chi connectivity index (χ4n) is 3.46. The van der Waals surface area contributed by atoms with Crippen molar-refractivity contribution in [2.45, 2.75) is 19.9 Å². The van der Waals surface area contributed by atoms with Gasteiger partial charge in [0.25, 0.3) is 0 Å². The lowest BCUT2D eigenvalue weighted by Gasteiger charge is -2.14. The largest absolute Gasteiger partial charge is 0.308 e. The zero-order chi connectivity index (χ0) is 18.1. The van der Waals surface area contributed by atoms with Crippen LogP contribution in [0.4, 0.5) is 0 Å². The molecule has 0 spiro atoms. The lowest BCUT2D eigenvalue weighted by atomic mass is 9.99. The topological polar surface area (TPSA) is 46.4 Å². The zero-order valence-corrected chi connectivity index (χ0v) is 14.9. The first-order chi connectivity index (χ1) is 12.7. The first-order valence-electron chi connectivity index (χ1n) is 8.92. The highest BCUT2D eigenvalue weighted by molar-refractivity contribution is 6.13. The summed E-state index contributed by atoms with van der Waals surface area (Å²) in [6, 6.07) is 17.9. The van der Waals surface area contributed by atoms with E-state index in [0.717, 1.165) is 39.8 Å². The number of Topliss-reactive ketones (excluding diaryl/α,β-unsaturated/α-hetero) is 1. The van der Waals surface area contributed by atoms with Gasteiger partial charge in [-0.25, -0.2) is 4.98 Å². The Kier molecular flexibility index (Phi) is 4.27. The van der Waals surface area contributed by atoms with E-state index in [-0.39, 0.29) is 11.8 Å². The van der Waals surface area contributed by atoms with Gasteiger partial charge in [0.05, 0.1) is 17.8 Å². The van der Waals surface area contributed by atoms with E-state index in [4.69, 9.17) is 0 Å². The van der Waals surface area contributed by atoms with Crippen LogP contribution in [-0.4, -0.2) is 27.8 Å². The number of nitrogens with one attached hydrogen (secondary N) is 1. The molecule has 2 heterocycles. The van der Waals surface area contributed by atoms with Gasteiger partial charge < -0.3 is 5.32 Å².